The molecule has 0 bridgehead atoms. The number of hydrogen-bond acceptors (Lipinski definition) is 4. The van der Waals surface area contributed by atoms with Crippen molar-refractivity contribution in [1.29, 1.82) is 0 Å². The maximum absolute atomic E-state index is 11.0. The minimum atomic E-state index is -0.872. The monoisotopic (exact) mass is 358 g/mol. The molecule has 0 aliphatic heterocycles. The second-order valence-corrected chi connectivity index (χ2v) is 6.78. The standard InChI is InChI=1S/C13H8Cl2N2O2S2/c14-6-2-1-3-8(9(6)15)21-11-10-7(4-5-20-10)17-12(11)19-13(16)18/h1-5,17H,(H2,16,18). The number of primary amides is 1. The third-order valence-electron chi connectivity index (χ3n) is 2.66. The first-order chi connectivity index (χ1) is 10.1. The molecule has 3 aromatic rings. The van der Waals surface area contributed by atoms with Crippen LogP contribution in [0.3, 0.4) is 0 Å². The highest BCUT2D eigenvalue weighted by Crippen LogP contribution is 2.45. The molecule has 0 atom stereocenters. The summed E-state index contributed by atoms with van der Waals surface area (Å²) in [5, 5.41) is 2.87. The summed E-state index contributed by atoms with van der Waals surface area (Å²) in [6.07, 6.45) is -0.872. The SMILES string of the molecule is NC(=O)Oc1[nH]c2ccsc2c1Sc1cccc(Cl)c1Cl. The second kappa shape index (κ2) is 5.81. The molecule has 8 heteroatoms. The van der Waals surface area contributed by atoms with Crippen molar-refractivity contribution in [2.75, 3.05) is 0 Å². The Morgan fingerprint density at radius 1 is 1.33 bits per heavy atom. The van der Waals surface area contributed by atoms with Gasteiger partial charge in [-0.1, -0.05) is 41.0 Å². The number of nitrogens with one attached hydrogen (secondary N) is 1. The van der Waals surface area contributed by atoms with Gasteiger partial charge in [0.05, 0.1) is 25.2 Å². The molecule has 0 fully saturated rings. The molecule has 3 N–H and O–H groups in total. The normalized spacial score (nSPS) is 11.0. The second-order valence-electron chi connectivity index (χ2n) is 4.02. The van der Waals surface area contributed by atoms with Crippen LogP contribution in [0.2, 0.25) is 10.0 Å². The summed E-state index contributed by atoms with van der Waals surface area (Å²) in [4.78, 5) is 15.6. The van der Waals surface area contributed by atoms with Gasteiger partial charge < -0.3 is 15.5 Å². The number of hydrogen-bond donors (Lipinski definition) is 2. The summed E-state index contributed by atoms with van der Waals surface area (Å²) in [5.41, 5.74) is 5.97. The Bertz CT molecular complexity index is 829. The van der Waals surface area contributed by atoms with E-state index in [0.29, 0.717) is 15.9 Å². The number of halogens is 2. The highest BCUT2D eigenvalue weighted by Gasteiger charge is 2.18. The molecule has 108 valence electrons. The van der Waals surface area contributed by atoms with E-state index in [1.807, 2.05) is 23.6 Å². The molecule has 0 saturated carbocycles. The summed E-state index contributed by atoms with van der Waals surface area (Å²) in [6.45, 7) is 0. The Morgan fingerprint density at radius 3 is 2.90 bits per heavy atom. The smallest absolute Gasteiger partial charge is 0.392 e. The zero-order valence-corrected chi connectivity index (χ0v) is 13.5. The number of fused-ring (bicyclic) bond motifs is 1. The van der Waals surface area contributed by atoms with Crippen LogP contribution in [0.5, 0.6) is 5.88 Å². The van der Waals surface area contributed by atoms with Gasteiger partial charge >= 0.3 is 6.09 Å². The van der Waals surface area contributed by atoms with Gasteiger partial charge in [-0.25, -0.2) is 4.79 Å². The molecule has 0 aliphatic rings. The molecule has 21 heavy (non-hydrogen) atoms. The molecule has 1 amide bonds. The molecular formula is C13H8Cl2N2O2S2. The van der Waals surface area contributed by atoms with Crippen molar-refractivity contribution in [3.05, 3.63) is 39.7 Å². The first kappa shape index (κ1) is 14.6. The molecule has 2 aromatic heterocycles. The van der Waals surface area contributed by atoms with Gasteiger partial charge in [-0.15, -0.1) is 11.3 Å². The van der Waals surface area contributed by atoms with E-state index in [-0.39, 0.29) is 0 Å². The van der Waals surface area contributed by atoms with E-state index in [0.717, 1.165) is 20.0 Å². The first-order valence-corrected chi connectivity index (χ1v) is 8.20. The summed E-state index contributed by atoms with van der Waals surface area (Å²) in [7, 11) is 0. The Kier molecular flexibility index (Phi) is 4.03. The lowest BCUT2D eigenvalue weighted by atomic mass is 10.4. The minimum absolute atomic E-state index is 0.311. The van der Waals surface area contributed by atoms with Crippen LogP contribution >= 0.6 is 46.3 Å². The number of thiophene rings is 1. The number of ether oxygens (including phenoxy) is 1. The molecule has 0 saturated heterocycles. The topological polar surface area (TPSA) is 68.1 Å². The predicted molar refractivity (Wildman–Crippen MR) is 87.0 cm³/mol. The van der Waals surface area contributed by atoms with Crippen LogP contribution in [-0.2, 0) is 0 Å². The van der Waals surface area contributed by atoms with E-state index in [9.17, 15) is 4.79 Å². The van der Waals surface area contributed by atoms with Crippen molar-refractivity contribution in [3.63, 3.8) is 0 Å². The lowest BCUT2D eigenvalue weighted by Gasteiger charge is -2.06. The third kappa shape index (κ3) is 2.85. The van der Waals surface area contributed by atoms with E-state index in [1.165, 1.54) is 23.1 Å². The summed E-state index contributed by atoms with van der Waals surface area (Å²) < 4.78 is 5.99. The lowest BCUT2D eigenvalue weighted by molar-refractivity contribution is 0.208. The maximum atomic E-state index is 11.0. The lowest BCUT2D eigenvalue weighted by Crippen LogP contribution is -2.16. The van der Waals surface area contributed by atoms with Crippen molar-refractivity contribution in [3.8, 4) is 5.88 Å². The number of aromatic nitrogens is 1. The van der Waals surface area contributed by atoms with E-state index >= 15 is 0 Å². The number of carbonyl (C=O) groups excluding carboxylic acids is 1. The number of aromatic amines is 1. The predicted octanol–water partition coefficient (Wildman–Crippen LogP) is 5.14. The largest absolute Gasteiger partial charge is 0.411 e. The van der Waals surface area contributed by atoms with Gasteiger partial charge in [0, 0.05) is 4.90 Å². The number of carbonyl (C=O) groups is 1. The van der Waals surface area contributed by atoms with Crippen LogP contribution < -0.4 is 10.5 Å². The highest BCUT2D eigenvalue weighted by molar-refractivity contribution is 8.00. The average Bonchev–Trinajstić information content (AvgIpc) is 2.97. The van der Waals surface area contributed by atoms with Crippen molar-refractivity contribution >= 4 is 62.6 Å². The molecule has 1 aromatic carbocycles. The Hall–Kier alpha value is -1.34. The number of benzene rings is 1. The van der Waals surface area contributed by atoms with Gasteiger partial charge in [-0.2, -0.15) is 0 Å². The fourth-order valence-corrected chi connectivity index (χ4v) is 4.29. The molecule has 0 spiro atoms. The fourth-order valence-electron chi connectivity index (χ4n) is 1.80. The number of nitrogens with two attached hydrogens (primary N) is 1. The summed E-state index contributed by atoms with van der Waals surface area (Å²) in [6, 6.07) is 7.27. The summed E-state index contributed by atoms with van der Waals surface area (Å²) in [5.74, 6) is 0.311. The van der Waals surface area contributed by atoms with E-state index in [4.69, 9.17) is 33.7 Å². The fraction of sp³-hybridized carbons (Fsp3) is 0. The van der Waals surface area contributed by atoms with E-state index in [1.54, 1.807) is 6.07 Å². The van der Waals surface area contributed by atoms with Gasteiger partial charge in [0.2, 0.25) is 5.88 Å². The summed E-state index contributed by atoms with van der Waals surface area (Å²) >= 11 is 15.1. The van der Waals surface area contributed by atoms with Gasteiger partial charge in [0.25, 0.3) is 0 Å². The Balaban J connectivity index is 2.07. The van der Waals surface area contributed by atoms with E-state index in [2.05, 4.69) is 4.98 Å². The van der Waals surface area contributed by atoms with Crippen molar-refractivity contribution in [2.45, 2.75) is 9.79 Å². The Labute approximate surface area is 138 Å². The minimum Gasteiger partial charge on any atom is -0.392 e. The Morgan fingerprint density at radius 2 is 2.14 bits per heavy atom. The van der Waals surface area contributed by atoms with Crippen LogP contribution in [0.4, 0.5) is 4.79 Å². The van der Waals surface area contributed by atoms with Crippen LogP contribution in [0.15, 0.2) is 39.4 Å². The van der Waals surface area contributed by atoms with Crippen LogP contribution in [0.25, 0.3) is 10.2 Å². The zero-order chi connectivity index (χ0) is 15.0. The number of H-pyrrole nitrogens is 1. The van der Waals surface area contributed by atoms with Crippen molar-refractivity contribution in [1.82, 2.24) is 4.98 Å². The third-order valence-corrected chi connectivity index (χ3v) is 5.80. The van der Waals surface area contributed by atoms with Crippen LogP contribution in [0, 0.1) is 0 Å². The molecule has 0 aliphatic carbocycles. The van der Waals surface area contributed by atoms with Crippen molar-refractivity contribution < 1.29 is 9.53 Å². The average molecular weight is 359 g/mol. The maximum Gasteiger partial charge on any atom is 0.411 e. The highest BCUT2D eigenvalue weighted by atomic mass is 35.5. The number of amides is 1. The van der Waals surface area contributed by atoms with E-state index < -0.39 is 6.09 Å². The molecular weight excluding hydrogens is 351 g/mol. The number of rotatable bonds is 3. The molecule has 3 rings (SSSR count). The molecule has 0 radical (unpaired) electrons. The van der Waals surface area contributed by atoms with Gasteiger partial charge in [-0.3, -0.25) is 0 Å². The molecule has 2 heterocycles. The first-order valence-electron chi connectivity index (χ1n) is 5.74. The van der Waals surface area contributed by atoms with Gasteiger partial charge in [-0.05, 0) is 23.6 Å². The molecule has 4 nitrogen and oxygen atoms in total. The van der Waals surface area contributed by atoms with Gasteiger partial charge in [0.1, 0.15) is 0 Å². The van der Waals surface area contributed by atoms with Crippen molar-refractivity contribution in [2.24, 2.45) is 5.73 Å². The quantitative estimate of drug-likeness (QED) is 0.680. The van der Waals surface area contributed by atoms with Crippen LogP contribution in [-0.4, -0.2) is 11.1 Å². The molecule has 0 unspecified atom stereocenters. The van der Waals surface area contributed by atoms with Crippen LogP contribution in [0.1, 0.15) is 0 Å². The zero-order valence-electron chi connectivity index (χ0n) is 10.4. The van der Waals surface area contributed by atoms with Gasteiger partial charge in [0.15, 0.2) is 0 Å².